The van der Waals surface area contributed by atoms with Gasteiger partial charge in [-0.3, -0.25) is 14.5 Å². The predicted molar refractivity (Wildman–Crippen MR) is 135 cm³/mol. The maximum Gasteiger partial charge on any atom is 0.275 e. The van der Waals surface area contributed by atoms with Crippen molar-refractivity contribution in [3.05, 3.63) is 82.4 Å². The number of rotatable bonds is 6. The van der Waals surface area contributed by atoms with Crippen LogP contribution in [0.1, 0.15) is 52.5 Å². The summed E-state index contributed by atoms with van der Waals surface area (Å²) in [6.45, 7) is 2.07. The number of aromatic nitrogens is 5. The maximum absolute atomic E-state index is 14.7. The molecule has 2 aliphatic rings. The number of carbonyl (C=O) groups excluding carboxylic acids is 1. The Balaban J connectivity index is 1.21. The van der Waals surface area contributed by atoms with E-state index in [9.17, 15) is 18.0 Å². The maximum atomic E-state index is 14.7. The molecule has 1 aromatic carbocycles. The van der Waals surface area contributed by atoms with E-state index in [1.807, 2.05) is 6.20 Å². The van der Waals surface area contributed by atoms with Crippen molar-refractivity contribution in [1.29, 1.82) is 0 Å². The molecule has 194 valence electrons. The van der Waals surface area contributed by atoms with E-state index in [0.717, 1.165) is 55.6 Å². The summed E-state index contributed by atoms with van der Waals surface area (Å²) < 4.78 is 43.5. The molecule has 12 heteroatoms. The smallest absolute Gasteiger partial charge is 0.275 e. The summed E-state index contributed by atoms with van der Waals surface area (Å²) >= 11 is 5.81. The standard InChI is InChI=1S/C26H21ClF3N7O/c27-18-4-3-16(25(29)30)23(24(18)28)19-11-31-12-20(35-19)26(38)34-15-9-33-37(13-15)21-5-2-14-8-22(32-10-17(14)21)36-6-1-7-36/h3-4,8-13,21,25H,1-2,5-7H2,(H,34,38). The number of nitrogens with zero attached hydrogens (tertiary/aromatic N) is 6. The highest BCUT2D eigenvalue weighted by Gasteiger charge is 2.28. The predicted octanol–water partition coefficient (Wildman–Crippen LogP) is 5.46. The van der Waals surface area contributed by atoms with Crippen molar-refractivity contribution in [2.45, 2.75) is 31.7 Å². The fraction of sp³-hybridized carbons (Fsp3) is 0.269. The van der Waals surface area contributed by atoms with Crippen LogP contribution in [0.3, 0.4) is 0 Å². The van der Waals surface area contributed by atoms with Gasteiger partial charge < -0.3 is 10.2 Å². The number of hydrogen-bond donors (Lipinski definition) is 1. The lowest BCUT2D eigenvalue weighted by molar-refractivity contribution is 0.102. The zero-order valence-electron chi connectivity index (χ0n) is 19.9. The van der Waals surface area contributed by atoms with Crippen LogP contribution in [0.2, 0.25) is 5.02 Å². The highest BCUT2D eigenvalue weighted by Crippen LogP contribution is 2.37. The molecule has 1 fully saturated rings. The molecule has 1 amide bonds. The lowest BCUT2D eigenvalue weighted by atomic mass is 10.0. The molecule has 0 radical (unpaired) electrons. The molecule has 1 unspecified atom stereocenters. The monoisotopic (exact) mass is 539 g/mol. The summed E-state index contributed by atoms with van der Waals surface area (Å²) in [7, 11) is 0. The third-order valence-electron chi connectivity index (χ3n) is 6.90. The van der Waals surface area contributed by atoms with E-state index >= 15 is 0 Å². The minimum atomic E-state index is -2.97. The van der Waals surface area contributed by atoms with Gasteiger partial charge in [0.15, 0.2) is 5.82 Å². The second-order valence-electron chi connectivity index (χ2n) is 9.22. The fourth-order valence-electron chi connectivity index (χ4n) is 4.82. The summed E-state index contributed by atoms with van der Waals surface area (Å²) in [5, 5.41) is 6.78. The van der Waals surface area contributed by atoms with Crippen molar-refractivity contribution >= 4 is 29.0 Å². The highest BCUT2D eigenvalue weighted by molar-refractivity contribution is 6.31. The van der Waals surface area contributed by atoms with Crippen molar-refractivity contribution in [1.82, 2.24) is 24.7 Å². The molecule has 6 rings (SSSR count). The SMILES string of the molecule is O=C(Nc1cnn(C2CCc3cc(N4CCC4)ncc32)c1)c1cncc(-c2c(C(F)F)ccc(Cl)c2F)n1. The lowest BCUT2D eigenvalue weighted by Gasteiger charge is -2.32. The van der Waals surface area contributed by atoms with Crippen LogP contribution in [-0.2, 0) is 6.42 Å². The molecule has 1 atom stereocenters. The van der Waals surface area contributed by atoms with Crippen LogP contribution in [0.4, 0.5) is 24.7 Å². The summed E-state index contributed by atoms with van der Waals surface area (Å²) in [5.41, 5.74) is 1.28. The molecule has 4 heterocycles. The first kappa shape index (κ1) is 24.4. The first-order valence-electron chi connectivity index (χ1n) is 12.1. The minimum Gasteiger partial charge on any atom is -0.356 e. The van der Waals surface area contributed by atoms with E-state index in [0.29, 0.717) is 5.69 Å². The van der Waals surface area contributed by atoms with E-state index in [2.05, 4.69) is 36.3 Å². The van der Waals surface area contributed by atoms with Crippen LogP contribution >= 0.6 is 11.6 Å². The van der Waals surface area contributed by atoms with Gasteiger partial charge >= 0.3 is 0 Å². The zero-order valence-corrected chi connectivity index (χ0v) is 20.7. The van der Waals surface area contributed by atoms with Gasteiger partial charge in [-0.1, -0.05) is 17.7 Å². The molecule has 1 aliphatic carbocycles. The van der Waals surface area contributed by atoms with E-state index in [-0.39, 0.29) is 22.5 Å². The number of halogens is 4. The highest BCUT2D eigenvalue weighted by atomic mass is 35.5. The van der Waals surface area contributed by atoms with E-state index in [1.165, 1.54) is 24.4 Å². The molecule has 8 nitrogen and oxygen atoms in total. The number of anilines is 2. The molecule has 1 aliphatic heterocycles. The normalized spacial score (nSPS) is 16.4. The van der Waals surface area contributed by atoms with Gasteiger partial charge in [0.1, 0.15) is 11.5 Å². The Morgan fingerprint density at radius 2 is 2.00 bits per heavy atom. The Morgan fingerprint density at radius 3 is 2.76 bits per heavy atom. The van der Waals surface area contributed by atoms with Gasteiger partial charge in [-0.25, -0.2) is 23.1 Å². The fourth-order valence-corrected chi connectivity index (χ4v) is 4.98. The Kier molecular flexibility index (Phi) is 6.22. The number of aryl methyl sites for hydroxylation is 1. The summed E-state index contributed by atoms with van der Waals surface area (Å²) in [4.78, 5) is 27.8. The molecule has 0 bridgehead atoms. The summed E-state index contributed by atoms with van der Waals surface area (Å²) in [6.07, 6.45) is 7.40. The molecule has 38 heavy (non-hydrogen) atoms. The van der Waals surface area contributed by atoms with Crippen molar-refractivity contribution in [3.63, 3.8) is 0 Å². The number of amides is 1. The van der Waals surface area contributed by atoms with Crippen LogP contribution in [0.15, 0.2) is 49.2 Å². The number of benzene rings is 1. The molecule has 4 aromatic rings. The molecular formula is C26H21ClF3N7O. The van der Waals surface area contributed by atoms with E-state index < -0.39 is 29.3 Å². The van der Waals surface area contributed by atoms with Crippen LogP contribution in [-0.4, -0.2) is 43.7 Å². The molecular weight excluding hydrogens is 519 g/mol. The number of hydrogen-bond acceptors (Lipinski definition) is 6. The second kappa shape index (κ2) is 9.71. The largest absolute Gasteiger partial charge is 0.356 e. The Bertz CT molecular complexity index is 1540. The van der Waals surface area contributed by atoms with Gasteiger partial charge in [-0.15, -0.1) is 0 Å². The first-order valence-corrected chi connectivity index (χ1v) is 12.4. The van der Waals surface area contributed by atoms with Gasteiger partial charge in [0, 0.05) is 36.6 Å². The lowest BCUT2D eigenvalue weighted by Crippen LogP contribution is -2.37. The van der Waals surface area contributed by atoms with Crippen LogP contribution < -0.4 is 10.2 Å². The number of nitrogens with one attached hydrogen (secondary N) is 1. The van der Waals surface area contributed by atoms with Crippen LogP contribution in [0.25, 0.3) is 11.3 Å². The van der Waals surface area contributed by atoms with Crippen LogP contribution in [0.5, 0.6) is 0 Å². The van der Waals surface area contributed by atoms with E-state index in [1.54, 1.807) is 10.9 Å². The second-order valence-corrected chi connectivity index (χ2v) is 9.62. The van der Waals surface area contributed by atoms with Gasteiger partial charge in [-0.2, -0.15) is 5.10 Å². The number of carbonyl (C=O) groups is 1. The Hall–Kier alpha value is -3.99. The van der Waals surface area contributed by atoms with Gasteiger partial charge in [0.2, 0.25) is 0 Å². The third kappa shape index (κ3) is 4.36. The summed E-state index contributed by atoms with van der Waals surface area (Å²) in [6, 6.07) is 4.22. The molecule has 3 aromatic heterocycles. The average molecular weight is 540 g/mol. The topological polar surface area (TPSA) is 88.8 Å². The first-order chi connectivity index (χ1) is 18.4. The molecule has 1 saturated heterocycles. The van der Waals surface area contributed by atoms with Crippen LogP contribution in [0, 0.1) is 5.82 Å². The Morgan fingerprint density at radius 1 is 1.16 bits per heavy atom. The average Bonchev–Trinajstić information content (AvgIpc) is 3.51. The zero-order chi connectivity index (χ0) is 26.4. The summed E-state index contributed by atoms with van der Waals surface area (Å²) in [5.74, 6) is -0.695. The van der Waals surface area contributed by atoms with Gasteiger partial charge in [-0.05, 0) is 42.5 Å². The quantitative estimate of drug-likeness (QED) is 0.350. The molecule has 0 spiro atoms. The number of fused-ring (bicyclic) bond motifs is 1. The van der Waals surface area contributed by atoms with Crippen molar-refractivity contribution in [2.75, 3.05) is 23.3 Å². The molecule has 1 N–H and O–H groups in total. The Labute approximate surface area is 220 Å². The number of alkyl halides is 2. The van der Waals surface area contributed by atoms with Gasteiger partial charge in [0.25, 0.3) is 12.3 Å². The van der Waals surface area contributed by atoms with Crippen molar-refractivity contribution in [2.24, 2.45) is 0 Å². The third-order valence-corrected chi connectivity index (χ3v) is 7.19. The van der Waals surface area contributed by atoms with E-state index in [4.69, 9.17) is 11.6 Å². The van der Waals surface area contributed by atoms with Crippen molar-refractivity contribution in [3.8, 4) is 11.3 Å². The molecule has 0 saturated carbocycles. The minimum absolute atomic E-state index is 0.00437. The van der Waals surface area contributed by atoms with Crippen molar-refractivity contribution < 1.29 is 18.0 Å². The number of pyridine rings is 1. The van der Waals surface area contributed by atoms with Gasteiger partial charge in [0.05, 0.1) is 41.0 Å².